The van der Waals surface area contributed by atoms with Crippen LogP contribution in [0.2, 0.25) is 0 Å². The third-order valence-corrected chi connectivity index (χ3v) is 2.30. The molecule has 2 nitrogen and oxygen atoms in total. The van der Waals surface area contributed by atoms with Crippen molar-refractivity contribution < 1.29 is 13.9 Å². The Bertz CT molecular complexity index is 386. The number of halogens is 1. The lowest BCUT2D eigenvalue weighted by Crippen LogP contribution is -2.05. The lowest BCUT2D eigenvalue weighted by atomic mass is 10.0. The molecule has 0 bridgehead atoms. The van der Waals surface area contributed by atoms with E-state index in [-0.39, 0.29) is 18.2 Å². The van der Waals surface area contributed by atoms with Gasteiger partial charge in [-0.25, -0.2) is 4.39 Å². The smallest absolute Gasteiger partial charge is 0.309 e. The standard InChI is InChI=1S/C13H15FO2/c1-3-4-5-11-8-10(6-7-12(11)14)9-13(15)16-2/h3,6-8H,1,4-5,9H2,2H3. The minimum Gasteiger partial charge on any atom is -0.469 e. The minimum absolute atomic E-state index is 0.178. The van der Waals surface area contributed by atoms with E-state index in [0.29, 0.717) is 12.0 Å². The second kappa shape index (κ2) is 6.05. The first-order chi connectivity index (χ1) is 7.67. The Morgan fingerprint density at radius 2 is 2.31 bits per heavy atom. The van der Waals surface area contributed by atoms with Crippen LogP contribution in [-0.4, -0.2) is 13.1 Å². The van der Waals surface area contributed by atoms with Gasteiger partial charge in [0.25, 0.3) is 0 Å². The molecule has 0 saturated heterocycles. The Labute approximate surface area is 94.7 Å². The predicted octanol–water partition coefficient (Wildman–Crippen LogP) is 2.66. The van der Waals surface area contributed by atoms with E-state index < -0.39 is 0 Å². The summed E-state index contributed by atoms with van der Waals surface area (Å²) in [6, 6.07) is 4.69. The molecule has 0 radical (unpaired) electrons. The summed E-state index contributed by atoms with van der Waals surface area (Å²) in [5.74, 6) is -0.559. The normalized spacial score (nSPS) is 9.88. The van der Waals surface area contributed by atoms with E-state index >= 15 is 0 Å². The second-order valence-electron chi connectivity index (χ2n) is 3.51. The van der Waals surface area contributed by atoms with Crippen LogP contribution in [0, 0.1) is 5.82 Å². The van der Waals surface area contributed by atoms with E-state index in [1.165, 1.54) is 13.2 Å². The predicted molar refractivity (Wildman–Crippen MR) is 60.6 cm³/mol. The molecular weight excluding hydrogens is 207 g/mol. The van der Waals surface area contributed by atoms with Crippen molar-refractivity contribution in [1.29, 1.82) is 0 Å². The van der Waals surface area contributed by atoms with Crippen molar-refractivity contribution in [3.8, 4) is 0 Å². The van der Waals surface area contributed by atoms with E-state index in [0.717, 1.165) is 12.0 Å². The maximum Gasteiger partial charge on any atom is 0.309 e. The molecule has 0 aromatic heterocycles. The van der Waals surface area contributed by atoms with Crippen LogP contribution in [0.15, 0.2) is 30.9 Å². The first-order valence-electron chi connectivity index (χ1n) is 5.12. The highest BCUT2D eigenvalue weighted by molar-refractivity contribution is 5.72. The van der Waals surface area contributed by atoms with Gasteiger partial charge in [0.1, 0.15) is 5.82 Å². The highest BCUT2D eigenvalue weighted by atomic mass is 19.1. The van der Waals surface area contributed by atoms with E-state index in [1.807, 2.05) is 0 Å². The van der Waals surface area contributed by atoms with Gasteiger partial charge in [-0.05, 0) is 30.0 Å². The lowest BCUT2D eigenvalue weighted by molar-refractivity contribution is -0.139. The molecule has 0 atom stereocenters. The highest BCUT2D eigenvalue weighted by Gasteiger charge is 2.06. The number of hydrogen-bond acceptors (Lipinski definition) is 2. The lowest BCUT2D eigenvalue weighted by Gasteiger charge is -2.05. The molecule has 0 aliphatic rings. The number of aryl methyl sites for hydroxylation is 1. The Balaban J connectivity index is 2.80. The number of ether oxygens (including phenoxy) is 1. The number of rotatable bonds is 5. The molecule has 0 aliphatic heterocycles. The van der Waals surface area contributed by atoms with Gasteiger partial charge in [-0.1, -0.05) is 18.2 Å². The van der Waals surface area contributed by atoms with Crippen LogP contribution in [-0.2, 0) is 22.4 Å². The summed E-state index contributed by atoms with van der Waals surface area (Å²) < 4.78 is 17.9. The van der Waals surface area contributed by atoms with Gasteiger partial charge < -0.3 is 4.74 Å². The molecule has 86 valence electrons. The fourth-order valence-electron chi connectivity index (χ4n) is 1.43. The largest absolute Gasteiger partial charge is 0.469 e. The third-order valence-electron chi connectivity index (χ3n) is 2.30. The number of allylic oxidation sites excluding steroid dienone is 1. The summed E-state index contributed by atoms with van der Waals surface area (Å²) in [6.45, 7) is 3.59. The summed E-state index contributed by atoms with van der Waals surface area (Å²) in [4.78, 5) is 11.1. The third kappa shape index (κ3) is 3.50. The van der Waals surface area contributed by atoms with Crippen molar-refractivity contribution in [3.05, 3.63) is 47.8 Å². The van der Waals surface area contributed by atoms with Crippen molar-refractivity contribution in [3.63, 3.8) is 0 Å². The fraction of sp³-hybridized carbons (Fsp3) is 0.308. The van der Waals surface area contributed by atoms with Gasteiger partial charge in [0, 0.05) is 0 Å². The highest BCUT2D eigenvalue weighted by Crippen LogP contribution is 2.13. The van der Waals surface area contributed by atoms with Gasteiger partial charge in [-0.3, -0.25) is 4.79 Å². The molecule has 0 N–H and O–H groups in total. The van der Waals surface area contributed by atoms with Gasteiger partial charge in [0.15, 0.2) is 0 Å². The van der Waals surface area contributed by atoms with Crippen LogP contribution in [0.5, 0.6) is 0 Å². The Hall–Kier alpha value is -1.64. The topological polar surface area (TPSA) is 26.3 Å². The van der Waals surface area contributed by atoms with Crippen molar-refractivity contribution in [2.75, 3.05) is 7.11 Å². The molecule has 1 aromatic carbocycles. The van der Waals surface area contributed by atoms with Crippen LogP contribution in [0.4, 0.5) is 4.39 Å². The Morgan fingerprint density at radius 1 is 1.56 bits per heavy atom. The number of benzene rings is 1. The zero-order valence-corrected chi connectivity index (χ0v) is 9.33. The summed E-state index contributed by atoms with van der Waals surface area (Å²) >= 11 is 0. The monoisotopic (exact) mass is 222 g/mol. The molecule has 16 heavy (non-hydrogen) atoms. The van der Waals surface area contributed by atoms with Gasteiger partial charge in [0.05, 0.1) is 13.5 Å². The number of esters is 1. The molecule has 0 aliphatic carbocycles. The van der Waals surface area contributed by atoms with Crippen LogP contribution in [0.1, 0.15) is 17.5 Å². The van der Waals surface area contributed by atoms with E-state index in [1.54, 1.807) is 18.2 Å². The average molecular weight is 222 g/mol. The summed E-state index contributed by atoms with van der Waals surface area (Å²) in [7, 11) is 1.34. The van der Waals surface area contributed by atoms with Crippen molar-refractivity contribution in [2.45, 2.75) is 19.3 Å². The van der Waals surface area contributed by atoms with Gasteiger partial charge >= 0.3 is 5.97 Å². The number of hydrogen-bond donors (Lipinski definition) is 0. The van der Waals surface area contributed by atoms with Crippen molar-refractivity contribution >= 4 is 5.97 Å². The Morgan fingerprint density at radius 3 is 2.94 bits per heavy atom. The van der Waals surface area contributed by atoms with E-state index in [9.17, 15) is 9.18 Å². The first kappa shape index (κ1) is 12.4. The molecule has 0 amide bonds. The summed E-state index contributed by atoms with van der Waals surface area (Å²) in [5, 5.41) is 0. The zero-order chi connectivity index (χ0) is 12.0. The molecule has 0 heterocycles. The molecule has 0 spiro atoms. The molecule has 1 rings (SSSR count). The van der Waals surface area contributed by atoms with E-state index in [2.05, 4.69) is 11.3 Å². The van der Waals surface area contributed by atoms with Gasteiger partial charge in [0.2, 0.25) is 0 Å². The van der Waals surface area contributed by atoms with Crippen LogP contribution >= 0.6 is 0 Å². The van der Waals surface area contributed by atoms with E-state index in [4.69, 9.17) is 0 Å². The van der Waals surface area contributed by atoms with Gasteiger partial charge in [-0.2, -0.15) is 0 Å². The fourth-order valence-corrected chi connectivity index (χ4v) is 1.43. The average Bonchev–Trinajstić information content (AvgIpc) is 2.29. The Kier molecular flexibility index (Phi) is 4.70. The summed E-state index contributed by atoms with van der Waals surface area (Å²) in [5.41, 5.74) is 1.38. The first-order valence-corrected chi connectivity index (χ1v) is 5.12. The second-order valence-corrected chi connectivity index (χ2v) is 3.51. The quantitative estimate of drug-likeness (QED) is 0.565. The zero-order valence-electron chi connectivity index (χ0n) is 9.33. The molecule has 0 saturated carbocycles. The maximum atomic E-state index is 13.4. The molecular formula is C13H15FO2. The van der Waals surface area contributed by atoms with Crippen molar-refractivity contribution in [2.24, 2.45) is 0 Å². The molecule has 1 aromatic rings. The SMILES string of the molecule is C=CCCc1cc(CC(=O)OC)ccc1F. The maximum absolute atomic E-state index is 13.4. The number of carbonyl (C=O) groups excluding carboxylic acids is 1. The van der Waals surface area contributed by atoms with Crippen LogP contribution < -0.4 is 0 Å². The van der Waals surface area contributed by atoms with Crippen molar-refractivity contribution in [1.82, 2.24) is 0 Å². The minimum atomic E-state index is -0.318. The van der Waals surface area contributed by atoms with Gasteiger partial charge in [-0.15, -0.1) is 6.58 Å². The molecule has 0 unspecified atom stereocenters. The number of methoxy groups -OCH3 is 1. The molecule has 0 fully saturated rings. The number of carbonyl (C=O) groups is 1. The summed E-state index contributed by atoms with van der Waals surface area (Å²) in [6.07, 6.45) is 3.24. The molecule has 3 heteroatoms. The van der Waals surface area contributed by atoms with Crippen LogP contribution in [0.25, 0.3) is 0 Å². The van der Waals surface area contributed by atoms with Crippen LogP contribution in [0.3, 0.4) is 0 Å².